The molecule has 0 fully saturated rings. The van der Waals surface area contributed by atoms with E-state index >= 15 is 0 Å². The Morgan fingerprint density at radius 2 is 2.16 bits per heavy atom. The smallest absolute Gasteiger partial charge is 0.142 e. The number of hydrogen-bond donors (Lipinski definition) is 1. The molecular formula is C15H19N3O. The van der Waals surface area contributed by atoms with Gasteiger partial charge < -0.3 is 10.1 Å². The number of hydrogen-bond acceptors (Lipinski definition) is 4. The Bertz CT molecular complexity index is 542. The normalized spacial score (nSPS) is 12.2. The third kappa shape index (κ3) is 2.90. The van der Waals surface area contributed by atoms with Crippen LogP contribution in [0.3, 0.4) is 0 Å². The molecule has 19 heavy (non-hydrogen) atoms. The summed E-state index contributed by atoms with van der Waals surface area (Å²) in [5.74, 6) is 0.796. The second kappa shape index (κ2) is 6.29. The summed E-state index contributed by atoms with van der Waals surface area (Å²) in [6.07, 6.45) is 5.47. The largest absolute Gasteiger partial charge is 0.495 e. The summed E-state index contributed by atoms with van der Waals surface area (Å²) in [7, 11) is 1.67. The fourth-order valence-corrected chi connectivity index (χ4v) is 2.16. The van der Waals surface area contributed by atoms with Crippen LogP contribution in [0, 0.1) is 6.92 Å². The van der Waals surface area contributed by atoms with Crippen molar-refractivity contribution in [1.29, 1.82) is 0 Å². The topological polar surface area (TPSA) is 47.0 Å². The van der Waals surface area contributed by atoms with E-state index in [9.17, 15) is 0 Å². The van der Waals surface area contributed by atoms with Crippen molar-refractivity contribution in [3.8, 4) is 5.75 Å². The van der Waals surface area contributed by atoms with Gasteiger partial charge >= 0.3 is 0 Å². The number of nitrogens with one attached hydrogen (secondary N) is 1. The Hall–Kier alpha value is -1.94. The first-order chi connectivity index (χ1) is 9.27. The highest BCUT2D eigenvalue weighted by Crippen LogP contribution is 2.29. The van der Waals surface area contributed by atoms with Crippen LogP contribution in [-0.4, -0.2) is 23.6 Å². The lowest BCUT2D eigenvalue weighted by atomic mass is 9.99. The highest BCUT2D eigenvalue weighted by molar-refractivity contribution is 5.38. The molecule has 2 aromatic rings. The van der Waals surface area contributed by atoms with Crippen molar-refractivity contribution in [3.05, 3.63) is 53.6 Å². The van der Waals surface area contributed by atoms with E-state index in [0.717, 1.165) is 23.6 Å². The summed E-state index contributed by atoms with van der Waals surface area (Å²) in [4.78, 5) is 8.62. The number of nitrogens with zero attached hydrogens (tertiary/aromatic N) is 2. The van der Waals surface area contributed by atoms with Crippen LogP contribution in [0.25, 0.3) is 0 Å². The van der Waals surface area contributed by atoms with Gasteiger partial charge in [-0.15, -0.1) is 0 Å². The molecule has 0 spiro atoms. The molecule has 2 heterocycles. The molecule has 1 N–H and O–H groups in total. The fourth-order valence-electron chi connectivity index (χ4n) is 2.16. The van der Waals surface area contributed by atoms with Crippen LogP contribution in [0.15, 0.2) is 36.8 Å². The molecule has 2 aromatic heterocycles. The molecule has 0 saturated carbocycles. The summed E-state index contributed by atoms with van der Waals surface area (Å²) in [5, 5.41) is 3.46. The molecule has 0 aliphatic rings. The Morgan fingerprint density at radius 3 is 2.84 bits per heavy atom. The standard InChI is InChI=1S/C15H19N3O/c1-4-17-14(12-7-9-16-10-11(12)2)15-13(19-3)6-5-8-18-15/h5-10,14,17H,4H2,1-3H3. The number of rotatable bonds is 5. The maximum atomic E-state index is 5.42. The average Bonchev–Trinajstić information content (AvgIpc) is 2.46. The summed E-state index contributed by atoms with van der Waals surface area (Å²) < 4.78 is 5.42. The number of aromatic nitrogens is 2. The van der Waals surface area contributed by atoms with Crippen LogP contribution in [0.4, 0.5) is 0 Å². The SMILES string of the molecule is CCNC(c1ccncc1C)c1ncccc1OC. The van der Waals surface area contributed by atoms with E-state index in [1.54, 1.807) is 13.3 Å². The van der Waals surface area contributed by atoms with Gasteiger partial charge in [0.1, 0.15) is 11.4 Å². The number of aryl methyl sites for hydroxylation is 1. The van der Waals surface area contributed by atoms with E-state index in [4.69, 9.17) is 4.74 Å². The van der Waals surface area contributed by atoms with Crippen molar-refractivity contribution in [1.82, 2.24) is 15.3 Å². The molecular weight excluding hydrogens is 238 g/mol. The highest BCUT2D eigenvalue weighted by atomic mass is 16.5. The molecule has 0 aliphatic carbocycles. The minimum Gasteiger partial charge on any atom is -0.495 e. The van der Waals surface area contributed by atoms with E-state index in [2.05, 4.69) is 29.1 Å². The van der Waals surface area contributed by atoms with Crippen molar-refractivity contribution >= 4 is 0 Å². The Labute approximate surface area is 113 Å². The van der Waals surface area contributed by atoms with Crippen LogP contribution in [0.2, 0.25) is 0 Å². The first kappa shape index (κ1) is 13.5. The van der Waals surface area contributed by atoms with E-state index < -0.39 is 0 Å². The third-order valence-corrected chi connectivity index (χ3v) is 3.08. The van der Waals surface area contributed by atoms with E-state index in [1.165, 1.54) is 5.56 Å². The van der Waals surface area contributed by atoms with Gasteiger partial charge in [-0.25, -0.2) is 0 Å². The van der Waals surface area contributed by atoms with Crippen molar-refractivity contribution in [2.24, 2.45) is 0 Å². The predicted molar refractivity (Wildman–Crippen MR) is 75.3 cm³/mol. The maximum Gasteiger partial charge on any atom is 0.142 e. The number of methoxy groups -OCH3 is 1. The Kier molecular flexibility index (Phi) is 4.47. The summed E-state index contributed by atoms with van der Waals surface area (Å²) >= 11 is 0. The molecule has 0 saturated heterocycles. The van der Waals surface area contributed by atoms with Crippen molar-refractivity contribution in [2.75, 3.05) is 13.7 Å². The summed E-state index contributed by atoms with van der Waals surface area (Å²) in [5.41, 5.74) is 3.22. The van der Waals surface area contributed by atoms with Crippen LogP contribution in [0.5, 0.6) is 5.75 Å². The molecule has 4 nitrogen and oxygen atoms in total. The predicted octanol–water partition coefficient (Wildman–Crippen LogP) is 2.49. The highest BCUT2D eigenvalue weighted by Gasteiger charge is 2.20. The second-order valence-electron chi connectivity index (χ2n) is 4.31. The van der Waals surface area contributed by atoms with Crippen molar-refractivity contribution in [2.45, 2.75) is 19.9 Å². The first-order valence-corrected chi connectivity index (χ1v) is 6.40. The lowest BCUT2D eigenvalue weighted by Crippen LogP contribution is -2.24. The monoisotopic (exact) mass is 257 g/mol. The lowest BCUT2D eigenvalue weighted by molar-refractivity contribution is 0.400. The van der Waals surface area contributed by atoms with Gasteiger partial charge in [-0.2, -0.15) is 0 Å². The van der Waals surface area contributed by atoms with Crippen LogP contribution < -0.4 is 10.1 Å². The molecule has 0 radical (unpaired) electrons. The maximum absolute atomic E-state index is 5.42. The van der Waals surface area contributed by atoms with Crippen molar-refractivity contribution in [3.63, 3.8) is 0 Å². The van der Waals surface area contributed by atoms with Crippen molar-refractivity contribution < 1.29 is 4.74 Å². The van der Waals surface area contributed by atoms with Gasteiger partial charge in [-0.3, -0.25) is 9.97 Å². The zero-order chi connectivity index (χ0) is 13.7. The minimum absolute atomic E-state index is 0.0177. The molecule has 0 bridgehead atoms. The van der Waals surface area contributed by atoms with Crippen LogP contribution in [0.1, 0.15) is 29.8 Å². The number of pyridine rings is 2. The summed E-state index contributed by atoms with van der Waals surface area (Å²) in [6, 6.07) is 5.86. The van der Waals surface area contributed by atoms with E-state index in [1.807, 2.05) is 30.6 Å². The van der Waals surface area contributed by atoms with Crippen LogP contribution in [-0.2, 0) is 0 Å². The fraction of sp³-hybridized carbons (Fsp3) is 0.333. The van der Waals surface area contributed by atoms with Gasteiger partial charge in [0.15, 0.2) is 0 Å². The number of ether oxygens (including phenoxy) is 1. The van der Waals surface area contributed by atoms with Gasteiger partial charge in [-0.05, 0) is 42.8 Å². The third-order valence-electron chi connectivity index (χ3n) is 3.08. The van der Waals surface area contributed by atoms with E-state index in [-0.39, 0.29) is 6.04 Å². The Morgan fingerprint density at radius 1 is 1.32 bits per heavy atom. The molecule has 0 aliphatic heterocycles. The molecule has 4 heteroatoms. The second-order valence-corrected chi connectivity index (χ2v) is 4.31. The molecule has 0 amide bonds. The molecule has 1 unspecified atom stereocenters. The van der Waals surface area contributed by atoms with Gasteiger partial charge in [0.25, 0.3) is 0 Å². The molecule has 1 atom stereocenters. The summed E-state index contributed by atoms with van der Waals surface area (Å²) in [6.45, 7) is 4.99. The molecule has 2 rings (SSSR count). The Balaban J connectivity index is 2.49. The zero-order valence-electron chi connectivity index (χ0n) is 11.6. The van der Waals surface area contributed by atoms with Crippen LogP contribution >= 0.6 is 0 Å². The van der Waals surface area contributed by atoms with Gasteiger partial charge in [0.2, 0.25) is 0 Å². The lowest BCUT2D eigenvalue weighted by Gasteiger charge is -2.21. The zero-order valence-corrected chi connectivity index (χ0v) is 11.6. The average molecular weight is 257 g/mol. The molecule has 0 aromatic carbocycles. The minimum atomic E-state index is 0.0177. The van der Waals surface area contributed by atoms with Gasteiger partial charge in [0.05, 0.1) is 13.2 Å². The van der Waals surface area contributed by atoms with Gasteiger partial charge in [-0.1, -0.05) is 6.92 Å². The molecule has 100 valence electrons. The quantitative estimate of drug-likeness (QED) is 0.894. The first-order valence-electron chi connectivity index (χ1n) is 6.40. The van der Waals surface area contributed by atoms with E-state index in [0.29, 0.717) is 0 Å². The van der Waals surface area contributed by atoms with Gasteiger partial charge in [0, 0.05) is 18.6 Å².